The minimum atomic E-state index is -0.574. The molecular weight excluding hydrogens is 797 g/mol. The van der Waals surface area contributed by atoms with Gasteiger partial charge >= 0.3 is 0 Å². The van der Waals surface area contributed by atoms with Crippen molar-refractivity contribution in [3.05, 3.63) is 276 Å². The van der Waals surface area contributed by atoms with Crippen molar-refractivity contribution in [2.24, 2.45) is 0 Å². The highest BCUT2D eigenvalue weighted by Crippen LogP contribution is 2.65. The normalized spacial score (nSPS) is 15.3. The third kappa shape index (κ3) is 5.42. The minimum absolute atomic E-state index is 0.127. The van der Waals surface area contributed by atoms with Gasteiger partial charge in [-0.25, -0.2) is 0 Å². The monoisotopic (exact) mass is 842 g/mol. The summed E-state index contributed by atoms with van der Waals surface area (Å²) in [5.74, 6) is 0. The standard InChI is InChI=1S/C64H46N2/c1-63(2)54-31-16-12-28-49(54)51-39-37-46(41-58(51)63)65(44-23-8-4-9-24-44)47-38-40-52-50-29-13-17-32-55(50)64(59(52)42-47)56-33-18-14-30-53(56)62-57(64)34-20-36-61(62)66(45-25-10-5-11-26-45)60-35-19-15-27-48(60)43-21-6-3-7-22-43/h3-42H,1-2H3. The predicted molar refractivity (Wildman–Crippen MR) is 275 cm³/mol. The molecule has 10 aromatic rings. The Morgan fingerprint density at radius 1 is 0.273 bits per heavy atom. The molecule has 2 heteroatoms. The zero-order valence-corrected chi connectivity index (χ0v) is 37.0. The van der Waals surface area contributed by atoms with Gasteiger partial charge in [-0.15, -0.1) is 0 Å². The number of para-hydroxylation sites is 3. The van der Waals surface area contributed by atoms with Crippen molar-refractivity contribution in [3.8, 4) is 44.5 Å². The summed E-state index contributed by atoms with van der Waals surface area (Å²) < 4.78 is 0. The number of hydrogen-bond acceptors (Lipinski definition) is 2. The largest absolute Gasteiger partial charge is 0.310 e. The summed E-state index contributed by atoms with van der Waals surface area (Å²) in [6.07, 6.45) is 0. The van der Waals surface area contributed by atoms with E-state index in [-0.39, 0.29) is 5.41 Å². The van der Waals surface area contributed by atoms with Crippen LogP contribution >= 0.6 is 0 Å². The lowest BCUT2D eigenvalue weighted by Gasteiger charge is -2.33. The third-order valence-corrected chi connectivity index (χ3v) is 14.7. The first-order chi connectivity index (χ1) is 32.5. The number of nitrogens with zero attached hydrogens (tertiary/aromatic N) is 2. The molecule has 3 aliphatic carbocycles. The maximum atomic E-state index is 2.51. The van der Waals surface area contributed by atoms with Gasteiger partial charge in [0.2, 0.25) is 0 Å². The molecule has 2 nitrogen and oxygen atoms in total. The van der Waals surface area contributed by atoms with E-state index in [2.05, 4.69) is 266 Å². The second kappa shape index (κ2) is 14.7. The molecule has 10 aromatic carbocycles. The van der Waals surface area contributed by atoms with Crippen molar-refractivity contribution in [2.45, 2.75) is 24.7 Å². The van der Waals surface area contributed by atoms with E-state index in [1.165, 1.54) is 77.9 Å². The van der Waals surface area contributed by atoms with E-state index < -0.39 is 5.41 Å². The zero-order chi connectivity index (χ0) is 44.0. The van der Waals surface area contributed by atoms with Crippen LogP contribution in [0, 0.1) is 0 Å². The van der Waals surface area contributed by atoms with Crippen molar-refractivity contribution in [2.75, 3.05) is 9.80 Å². The fourth-order valence-electron chi connectivity index (χ4n) is 11.9. The molecule has 0 fully saturated rings. The Morgan fingerprint density at radius 3 is 1.38 bits per heavy atom. The molecule has 0 saturated carbocycles. The smallest absolute Gasteiger partial charge is 0.0727 e. The molecule has 1 spiro atoms. The first kappa shape index (κ1) is 38.3. The van der Waals surface area contributed by atoms with E-state index in [1.54, 1.807) is 0 Å². The Balaban J connectivity index is 1.06. The van der Waals surface area contributed by atoms with Crippen molar-refractivity contribution in [3.63, 3.8) is 0 Å². The summed E-state index contributed by atoms with van der Waals surface area (Å²) in [5.41, 5.74) is 24.2. The fraction of sp³-hybridized carbons (Fsp3) is 0.0625. The number of anilines is 6. The van der Waals surface area contributed by atoms with Crippen LogP contribution in [-0.4, -0.2) is 0 Å². The van der Waals surface area contributed by atoms with Crippen molar-refractivity contribution in [1.82, 2.24) is 0 Å². The Hall–Kier alpha value is -8.20. The Labute approximate surface area is 387 Å². The van der Waals surface area contributed by atoms with Crippen LogP contribution in [0.2, 0.25) is 0 Å². The van der Waals surface area contributed by atoms with Crippen LogP contribution in [0.4, 0.5) is 34.1 Å². The van der Waals surface area contributed by atoms with E-state index in [0.717, 1.165) is 34.1 Å². The van der Waals surface area contributed by atoms with Crippen LogP contribution in [0.25, 0.3) is 44.5 Å². The molecule has 0 aromatic heterocycles. The molecule has 0 radical (unpaired) electrons. The van der Waals surface area contributed by atoms with Gasteiger partial charge in [0.15, 0.2) is 0 Å². The van der Waals surface area contributed by atoms with Crippen LogP contribution in [0.15, 0.2) is 243 Å². The summed E-state index contributed by atoms with van der Waals surface area (Å²) in [6, 6.07) is 90.0. The van der Waals surface area contributed by atoms with Gasteiger partial charge in [0.1, 0.15) is 0 Å². The molecule has 0 heterocycles. The number of rotatable bonds is 7. The fourth-order valence-corrected chi connectivity index (χ4v) is 11.9. The molecule has 0 bridgehead atoms. The van der Waals surface area contributed by atoms with E-state index in [9.17, 15) is 0 Å². The van der Waals surface area contributed by atoms with Gasteiger partial charge < -0.3 is 9.80 Å². The van der Waals surface area contributed by atoms with Crippen LogP contribution < -0.4 is 9.80 Å². The van der Waals surface area contributed by atoms with Gasteiger partial charge in [-0.1, -0.05) is 196 Å². The first-order valence-corrected chi connectivity index (χ1v) is 23.1. The van der Waals surface area contributed by atoms with E-state index in [1.807, 2.05) is 0 Å². The Morgan fingerprint density at radius 2 is 0.712 bits per heavy atom. The van der Waals surface area contributed by atoms with Crippen molar-refractivity contribution < 1.29 is 0 Å². The van der Waals surface area contributed by atoms with Gasteiger partial charge in [-0.3, -0.25) is 0 Å². The van der Waals surface area contributed by atoms with Gasteiger partial charge in [0, 0.05) is 39.3 Å². The second-order valence-corrected chi connectivity index (χ2v) is 18.4. The lowest BCUT2D eigenvalue weighted by molar-refractivity contribution is 0.660. The first-order valence-electron chi connectivity index (χ1n) is 23.1. The summed E-state index contributed by atoms with van der Waals surface area (Å²) in [4.78, 5) is 4.95. The lowest BCUT2D eigenvalue weighted by atomic mass is 9.70. The minimum Gasteiger partial charge on any atom is -0.310 e. The van der Waals surface area contributed by atoms with E-state index in [0.29, 0.717) is 0 Å². The lowest BCUT2D eigenvalue weighted by Crippen LogP contribution is -2.26. The molecule has 0 saturated heterocycles. The van der Waals surface area contributed by atoms with Crippen molar-refractivity contribution >= 4 is 34.1 Å². The molecular formula is C64H46N2. The molecule has 13 rings (SSSR count). The summed E-state index contributed by atoms with van der Waals surface area (Å²) in [5, 5.41) is 0. The quantitative estimate of drug-likeness (QED) is 0.158. The third-order valence-electron chi connectivity index (χ3n) is 14.7. The maximum absolute atomic E-state index is 2.51. The predicted octanol–water partition coefficient (Wildman–Crippen LogP) is 16.9. The molecule has 0 amide bonds. The Kier molecular flexibility index (Phi) is 8.51. The highest BCUT2D eigenvalue weighted by molar-refractivity contribution is 6.03. The van der Waals surface area contributed by atoms with Crippen molar-refractivity contribution in [1.29, 1.82) is 0 Å². The Bertz CT molecular complexity index is 3520. The molecule has 312 valence electrons. The van der Waals surface area contributed by atoms with Crippen LogP contribution in [-0.2, 0) is 10.8 Å². The summed E-state index contributed by atoms with van der Waals surface area (Å²) in [7, 11) is 0. The molecule has 66 heavy (non-hydrogen) atoms. The number of benzene rings is 10. The second-order valence-electron chi connectivity index (χ2n) is 18.4. The van der Waals surface area contributed by atoms with E-state index in [4.69, 9.17) is 0 Å². The van der Waals surface area contributed by atoms with Crippen LogP contribution in [0.5, 0.6) is 0 Å². The van der Waals surface area contributed by atoms with Gasteiger partial charge in [0.05, 0.1) is 16.8 Å². The molecule has 0 N–H and O–H groups in total. The molecule has 1 unspecified atom stereocenters. The summed E-state index contributed by atoms with van der Waals surface area (Å²) >= 11 is 0. The molecule has 1 atom stereocenters. The zero-order valence-electron chi connectivity index (χ0n) is 37.0. The average Bonchev–Trinajstić information content (AvgIpc) is 3.94. The molecule has 3 aliphatic rings. The highest BCUT2D eigenvalue weighted by atomic mass is 15.2. The number of fused-ring (bicyclic) bond motifs is 13. The van der Waals surface area contributed by atoms with E-state index >= 15 is 0 Å². The SMILES string of the molecule is CC1(C)c2ccccc2-c2ccc(N(c3ccccc3)c3ccc4c(c3)C3(c5ccccc5-4)c4ccccc4-c4c(N(c5ccccc5)c5ccccc5-c5ccccc5)cccc43)cc21. The summed E-state index contributed by atoms with van der Waals surface area (Å²) in [6.45, 7) is 4.74. The highest BCUT2D eigenvalue weighted by Gasteiger charge is 2.53. The number of hydrogen-bond donors (Lipinski definition) is 0. The topological polar surface area (TPSA) is 6.48 Å². The van der Waals surface area contributed by atoms with Crippen LogP contribution in [0.3, 0.4) is 0 Å². The van der Waals surface area contributed by atoms with Crippen LogP contribution in [0.1, 0.15) is 47.2 Å². The van der Waals surface area contributed by atoms with Gasteiger partial charge in [-0.05, 0) is 127 Å². The average molecular weight is 843 g/mol. The maximum Gasteiger partial charge on any atom is 0.0727 e. The van der Waals surface area contributed by atoms with Gasteiger partial charge in [0.25, 0.3) is 0 Å². The van der Waals surface area contributed by atoms with Gasteiger partial charge in [-0.2, -0.15) is 0 Å². The molecule has 0 aliphatic heterocycles.